The molecule has 0 radical (unpaired) electrons. The summed E-state index contributed by atoms with van der Waals surface area (Å²) in [6.45, 7) is 0.928. The van der Waals surface area contributed by atoms with Gasteiger partial charge in [0.1, 0.15) is 6.54 Å². The van der Waals surface area contributed by atoms with Gasteiger partial charge in [-0.25, -0.2) is 0 Å². The second-order valence-electron chi connectivity index (χ2n) is 8.13. The van der Waals surface area contributed by atoms with Crippen LogP contribution in [0.5, 0.6) is 0 Å². The van der Waals surface area contributed by atoms with Gasteiger partial charge in [0.05, 0.1) is 22.6 Å². The number of amides is 3. The summed E-state index contributed by atoms with van der Waals surface area (Å²) in [5, 5.41) is 1.99. The Labute approximate surface area is 197 Å². The van der Waals surface area contributed by atoms with E-state index in [9.17, 15) is 19.2 Å². The Balaban J connectivity index is 1.32. The van der Waals surface area contributed by atoms with E-state index >= 15 is 0 Å². The van der Waals surface area contributed by atoms with Crippen molar-refractivity contribution in [1.29, 1.82) is 0 Å². The number of alkyl halides is 2. The summed E-state index contributed by atoms with van der Waals surface area (Å²) in [7, 11) is 0. The lowest BCUT2D eigenvalue weighted by Crippen LogP contribution is -2.38. The SMILES string of the molecule is CCc1cc(Br)ccc1NC(=O)COC(=O)CN1C(=O)[C@@H]2[C@H]3C[C@@H]([C@H](Cl)[C@@H]3Cl)[C@@H]2C1=O. The molecule has 2 saturated carbocycles. The molecule has 0 spiro atoms. The largest absolute Gasteiger partial charge is 0.454 e. The van der Waals surface area contributed by atoms with Gasteiger partial charge < -0.3 is 10.1 Å². The molecule has 0 aromatic heterocycles. The summed E-state index contributed by atoms with van der Waals surface area (Å²) in [6, 6.07) is 5.45. The average molecular weight is 532 g/mol. The molecule has 3 aliphatic rings. The number of aryl methyl sites for hydroxylation is 1. The predicted molar refractivity (Wildman–Crippen MR) is 118 cm³/mol. The van der Waals surface area contributed by atoms with Crippen molar-refractivity contribution < 1.29 is 23.9 Å². The maximum absolute atomic E-state index is 12.8. The van der Waals surface area contributed by atoms with E-state index in [2.05, 4.69) is 21.2 Å². The highest BCUT2D eigenvalue weighted by Crippen LogP contribution is 2.59. The van der Waals surface area contributed by atoms with Crippen molar-refractivity contribution in [3.8, 4) is 0 Å². The molecular formula is C21H21BrCl2N2O5. The first-order valence-corrected chi connectivity index (χ1v) is 11.8. The first-order chi connectivity index (χ1) is 14.7. The summed E-state index contributed by atoms with van der Waals surface area (Å²) in [4.78, 5) is 50.9. The van der Waals surface area contributed by atoms with E-state index in [0.717, 1.165) is 14.9 Å². The van der Waals surface area contributed by atoms with Crippen molar-refractivity contribution in [2.24, 2.45) is 23.7 Å². The molecule has 2 aliphatic carbocycles. The third-order valence-corrected chi connectivity index (χ3v) is 8.26. The molecule has 1 aromatic rings. The minimum atomic E-state index is -0.819. The molecule has 2 bridgehead atoms. The Morgan fingerprint density at radius 2 is 1.77 bits per heavy atom. The van der Waals surface area contributed by atoms with Gasteiger partial charge in [0.25, 0.3) is 5.91 Å². The van der Waals surface area contributed by atoms with E-state index < -0.39 is 48.7 Å². The molecule has 1 aromatic carbocycles. The van der Waals surface area contributed by atoms with E-state index in [1.165, 1.54) is 0 Å². The Bertz CT molecular complexity index is 926. The molecule has 31 heavy (non-hydrogen) atoms. The second-order valence-corrected chi connectivity index (χ2v) is 10.1. The first kappa shape index (κ1) is 22.6. The van der Waals surface area contributed by atoms with Crippen molar-refractivity contribution in [1.82, 2.24) is 4.90 Å². The van der Waals surface area contributed by atoms with E-state index in [1.54, 1.807) is 12.1 Å². The van der Waals surface area contributed by atoms with E-state index in [4.69, 9.17) is 27.9 Å². The van der Waals surface area contributed by atoms with Crippen LogP contribution < -0.4 is 5.32 Å². The molecule has 3 fully saturated rings. The lowest BCUT2D eigenvalue weighted by atomic mass is 9.80. The van der Waals surface area contributed by atoms with Gasteiger partial charge in [-0.3, -0.25) is 24.1 Å². The number of nitrogens with zero attached hydrogens (tertiary/aromatic N) is 1. The summed E-state index contributed by atoms with van der Waals surface area (Å²) in [6.07, 6.45) is 1.37. The van der Waals surface area contributed by atoms with Crippen LogP contribution in [0.1, 0.15) is 18.9 Å². The second kappa shape index (κ2) is 8.71. The normalized spacial score (nSPS) is 31.2. The highest BCUT2D eigenvalue weighted by atomic mass is 79.9. The maximum Gasteiger partial charge on any atom is 0.326 e. The highest BCUT2D eigenvalue weighted by Gasteiger charge is 2.66. The monoisotopic (exact) mass is 530 g/mol. The van der Waals surface area contributed by atoms with Crippen molar-refractivity contribution in [3.63, 3.8) is 0 Å². The number of halogens is 3. The Morgan fingerprint density at radius 3 is 2.35 bits per heavy atom. The first-order valence-electron chi connectivity index (χ1n) is 10.1. The number of hydrogen-bond acceptors (Lipinski definition) is 5. The zero-order chi connectivity index (χ0) is 22.4. The Morgan fingerprint density at radius 1 is 1.16 bits per heavy atom. The van der Waals surface area contributed by atoms with Gasteiger partial charge in [0.2, 0.25) is 11.8 Å². The summed E-state index contributed by atoms with van der Waals surface area (Å²) in [5.74, 6) is -3.47. The summed E-state index contributed by atoms with van der Waals surface area (Å²) < 4.78 is 5.90. The lowest BCUT2D eigenvalue weighted by molar-refractivity contribution is -0.154. The van der Waals surface area contributed by atoms with Crippen LogP contribution in [-0.4, -0.2) is 52.5 Å². The van der Waals surface area contributed by atoms with Crippen molar-refractivity contribution in [2.75, 3.05) is 18.5 Å². The third kappa shape index (κ3) is 3.98. The van der Waals surface area contributed by atoms with E-state index in [1.807, 2.05) is 13.0 Å². The Kier molecular flexibility index (Phi) is 6.34. The smallest absolute Gasteiger partial charge is 0.326 e. The average Bonchev–Trinajstić information content (AvgIpc) is 3.34. The number of nitrogens with one attached hydrogen (secondary N) is 1. The standard InChI is InChI=1S/C21H21BrCl2N2O5/c1-2-9-5-10(22)3-4-13(9)25-14(27)8-31-15(28)7-26-20(29)16-11-6-12(17(16)21(26)30)19(24)18(11)23/h3-5,11-12,16-19H,2,6-8H2,1H3,(H,25,27)/t11-,12-,16-,17+,18-,19+/m1/s1. The number of rotatable bonds is 6. The minimum Gasteiger partial charge on any atom is -0.454 e. The van der Waals surface area contributed by atoms with Crippen LogP contribution in [-0.2, 0) is 30.3 Å². The zero-order valence-corrected chi connectivity index (χ0v) is 19.7. The number of fused-ring (bicyclic) bond motifs is 5. The fourth-order valence-electron chi connectivity index (χ4n) is 5.05. The van der Waals surface area contributed by atoms with Gasteiger partial charge in [-0.15, -0.1) is 23.2 Å². The van der Waals surface area contributed by atoms with Crippen molar-refractivity contribution in [2.45, 2.75) is 30.5 Å². The molecular weight excluding hydrogens is 511 g/mol. The number of anilines is 1. The molecule has 7 nitrogen and oxygen atoms in total. The number of imide groups is 1. The molecule has 1 heterocycles. The third-order valence-electron chi connectivity index (χ3n) is 6.45. The van der Waals surface area contributed by atoms with E-state index in [-0.39, 0.29) is 22.6 Å². The molecule has 4 rings (SSSR count). The van der Waals surface area contributed by atoms with Crippen molar-refractivity contribution >= 4 is 68.5 Å². The van der Waals surface area contributed by atoms with Crippen LogP contribution in [0.3, 0.4) is 0 Å². The minimum absolute atomic E-state index is 0.152. The Hall–Kier alpha value is -1.64. The fraction of sp³-hybridized carbons (Fsp3) is 0.524. The number of hydrogen-bond donors (Lipinski definition) is 1. The molecule has 10 heteroatoms. The molecule has 3 amide bonds. The van der Waals surface area contributed by atoms with Crippen LogP contribution in [0.2, 0.25) is 0 Å². The predicted octanol–water partition coefficient (Wildman–Crippen LogP) is 2.96. The molecule has 6 atom stereocenters. The lowest BCUT2D eigenvalue weighted by Gasteiger charge is -2.28. The number of esters is 1. The molecule has 1 aliphatic heterocycles. The van der Waals surface area contributed by atoms with Gasteiger partial charge in [0.15, 0.2) is 6.61 Å². The maximum atomic E-state index is 12.8. The van der Waals surface area contributed by atoms with Gasteiger partial charge in [-0.1, -0.05) is 22.9 Å². The molecule has 1 saturated heterocycles. The molecule has 1 N–H and O–H groups in total. The van der Waals surface area contributed by atoms with Crippen LogP contribution in [0.15, 0.2) is 22.7 Å². The number of benzene rings is 1. The number of carbonyl (C=O) groups is 4. The summed E-state index contributed by atoms with van der Waals surface area (Å²) in [5.41, 5.74) is 1.56. The number of carbonyl (C=O) groups excluding carboxylic acids is 4. The van der Waals surface area contributed by atoms with Crippen LogP contribution in [0.4, 0.5) is 5.69 Å². The summed E-state index contributed by atoms with van der Waals surface area (Å²) >= 11 is 16.0. The van der Waals surface area contributed by atoms with Crippen LogP contribution >= 0.6 is 39.1 Å². The van der Waals surface area contributed by atoms with Gasteiger partial charge in [-0.05, 0) is 48.4 Å². The van der Waals surface area contributed by atoms with Crippen LogP contribution in [0, 0.1) is 23.7 Å². The quantitative estimate of drug-likeness (QED) is 0.346. The van der Waals surface area contributed by atoms with Crippen LogP contribution in [0.25, 0.3) is 0 Å². The number of likely N-dealkylation sites (tertiary alicyclic amines) is 1. The zero-order valence-electron chi connectivity index (χ0n) is 16.6. The number of ether oxygens (including phenoxy) is 1. The van der Waals surface area contributed by atoms with Crippen molar-refractivity contribution in [3.05, 3.63) is 28.2 Å². The fourth-order valence-corrected chi connectivity index (χ4v) is 6.35. The highest BCUT2D eigenvalue weighted by molar-refractivity contribution is 9.10. The van der Waals surface area contributed by atoms with E-state index in [0.29, 0.717) is 18.5 Å². The van der Waals surface area contributed by atoms with Gasteiger partial charge in [-0.2, -0.15) is 0 Å². The van der Waals surface area contributed by atoms with Gasteiger partial charge in [0, 0.05) is 10.2 Å². The molecule has 0 unspecified atom stereocenters. The topological polar surface area (TPSA) is 92.8 Å². The molecule has 166 valence electrons. The van der Waals surface area contributed by atoms with Gasteiger partial charge >= 0.3 is 5.97 Å².